The Hall–Kier alpha value is -3.75. The van der Waals surface area contributed by atoms with E-state index >= 15 is 0 Å². The standard InChI is InChI=1S/C22H25N5O4/c1-25(2)21(28)14-5-7-17-16(11-14)24-20(27(17)4)13-26(3)22(29)23-15-6-8-18-19(12-15)31-10-9-30-18/h5-8,11-12H,9-10,13H2,1-4H3,(H,23,29). The van der Waals surface area contributed by atoms with Gasteiger partial charge in [0.15, 0.2) is 11.5 Å². The first kappa shape index (κ1) is 20.5. The van der Waals surface area contributed by atoms with Crippen LogP contribution in [-0.2, 0) is 13.6 Å². The summed E-state index contributed by atoms with van der Waals surface area (Å²) in [6.45, 7) is 1.31. The number of imidazole rings is 1. The second-order valence-electron chi connectivity index (χ2n) is 7.63. The normalized spacial score (nSPS) is 12.5. The average Bonchev–Trinajstić information content (AvgIpc) is 3.07. The van der Waals surface area contributed by atoms with Gasteiger partial charge >= 0.3 is 6.03 Å². The molecule has 0 fully saturated rings. The molecule has 3 aromatic rings. The Labute approximate surface area is 180 Å². The number of hydrogen-bond donors (Lipinski definition) is 1. The number of benzene rings is 2. The summed E-state index contributed by atoms with van der Waals surface area (Å²) >= 11 is 0. The van der Waals surface area contributed by atoms with Gasteiger partial charge in [-0.05, 0) is 30.3 Å². The van der Waals surface area contributed by atoms with Crippen LogP contribution in [-0.4, -0.2) is 65.6 Å². The van der Waals surface area contributed by atoms with Gasteiger partial charge in [0.1, 0.15) is 19.0 Å². The zero-order valence-electron chi connectivity index (χ0n) is 18.0. The molecule has 9 nitrogen and oxygen atoms in total. The molecule has 0 aliphatic carbocycles. The number of aryl methyl sites for hydroxylation is 1. The molecular formula is C22H25N5O4. The van der Waals surface area contributed by atoms with Crippen LogP contribution in [0.5, 0.6) is 11.5 Å². The number of carbonyl (C=O) groups is 2. The summed E-state index contributed by atoms with van der Waals surface area (Å²) in [6, 6.07) is 10.5. The molecule has 4 rings (SSSR count). The SMILES string of the molecule is CN(C)C(=O)c1ccc2c(c1)nc(CN(C)C(=O)Nc1ccc3c(c1)OCCO3)n2C. The van der Waals surface area contributed by atoms with Crippen molar-refractivity contribution in [2.45, 2.75) is 6.54 Å². The van der Waals surface area contributed by atoms with E-state index in [1.807, 2.05) is 17.7 Å². The quantitative estimate of drug-likeness (QED) is 0.697. The minimum Gasteiger partial charge on any atom is -0.486 e. The van der Waals surface area contributed by atoms with Crippen LogP contribution in [0.2, 0.25) is 0 Å². The second kappa shape index (κ2) is 8.17. The molecule has 0 bridgehead atoms. The monoisotopic (exact) mass is 423 g/mol. The molecule has 9 heteroatoms. The maximum absolute atomic E-state index is 12.7. The molecule has 162 valence electrons. The zero-order chi connectivity index (χ0) is 22.1. The third-order valence-corrected chi connectivity index (χ3v) is 5.15. The third-order valence-electron chi connectivity index (χ3n) is 5.15. The van der Waals surface area contributed by atoms with E-state index in [4.69, 9.17) is 9.47 Å². The van der Waals surface area contributed by atoms with Crippen molar-refractivity contribution in [3.8, 4) is 11.5 Å². The van der Waals surface area contributed by atoms with E-state index in [9.17, 15) is 9.59 Å². The Bertz CT molecular complexity index is 1150. The molecule has 0 radical (unpaired) electrons. The van der Waals surface area contributed by atoms with Gasteiger partial charge in [0.05, 0.1) is 17.6 Å². The van der Waals surface area contributed by atoms with Gasteiger partial charge in [-0.25, -0.2) is 9.78 Å². The van der Waals surface area contributed by atoms with E-state index in [1.54, 1.807) is 56.4 Å². The lowest BCUT2D eigenvalue weighted by Gasteiger charge is -2.20. The average molecular weight is 423 g/mol. The van der Waals surface area contributed by atoms with E-state index in [0.717, 1.165) is 5.52 Å². The molecule has 0 saturated heterocycles. The first-order chi connectivity index (χ1) is 14.8. The number of ether oxygens (including phenoxy) is 2. The highest BCUT2D eigenvalue weighted by atomic mass is 16.6. The molecular weight excluding hydrogens is 398 g/mol. The Morgan fingerprint density at radius 3 is 2.55 bits per heavy atom. The summed E-state index contributed by atoms with van der Waals surface area (Å²) in [7, 11) is 7.02. The molecule has 31 heavy (non-hydrogen) atoms. The minimum absolute atomic E-state index is 0.0787. The largest absolute Gasteiger partial charge is 0.486 e. The van der Waals surface area contributed by atoms with Crippen LogP contribution < -0.4 is 14.8 Å². The Kier molecular flexibility index (Phi) is 5.41. The molecule has 3 amide bonds. The maximum Gasteiger partial charge on any atom is 0.321 e. The molecule has 2 aromatic carbocycles. The molecule has 0 atom stereocenters. The van der Waals surface area contributed by atoms with Gasteiger partial charge in [-0.15, -0.1) is 0 Å². The highest BCUT2D eigenvalue weighted by Crippen LogP contribution is 2.32. The van der Waals surface area contributed by atoms with Crippen molar-refractivity contribution in [3.63, 3.8) is 0 Å². The van der Waals surface area contributed by atoms with Crippen molar-refractivity contribution in [2.24, 2.45) is 7.05 Å². The number of amides is 3. The lowest BCUT2D eigenvalue weighted by atomic mass is 10.2. The van der Waals surface area contributed by atoms with Crippen LogP contribution in [0.1, 0.15) is 16.2 Å². The molecule has 0 saturated carbocycles. The van der Waals surface area contributed by atoms with Crippen LogP contribution in [0, 0.1) is 0 Å². The second-order valence-corrected chi connectivity index (χ2v) is 7.63. The summed E-state index contributed by atoms with van der Waals surface area (Å²) in [5, 5.41) is 2.87. The first-order valence-electron chi connectivity index (χ1n) is 9.92. The molecule has 1 aromatic heterocycles. The number of hydrogen-bond acceptors (Lipinski definition) is 5. The van der Waals surface area contributed by atoms with Crippen molar-refractivity contribution in [1.29, 1.82) is 0 Å². The Balaban J connectivity index is 1.48. The van der Waals surface area contributed by atoms with Crippen molar-refractivity contribution in [1.82, 2.24) is 19.4 Å². The van der Waals surface area contributed by atoms with Gasteiger partial charge in [0.25, 0.3) is 5.91 Å². The van der Waals surface area contributed by atoms with Gasteiger partial charge in [-0.2, -0.15) is 0 Å². The number of nitrogens with one attached hydrogen (secondary N) is 1. The molecule has 1 aliphatic heterocycles. The summed E-state index contributed by atoms with van der Waals surface area (Å²) < 4.78 is 13.0. The van der Waals surface area contributed by atoms with Crippen LogP contribution in [0.15, 0.2) is 36.4 Å². The summed E-state index contributed by atoms with van der Waals surface area (Å²) in [4.78, 5) is 32.6. The van der Waals surface area contributed by atoms with Crippen molar-refractivity contribution in [2.75, 3.05) is 39.7 Å². The number of aromatic nitrogens is 2. The zero-order valence-corrected chi connectivity index (χ0v) is 18.0. The van der Waals surface area contributed by atoms with Crippen LogP contribution in [0.4, 0.5) is 10.5 Å². The third kappa shape index (κ3) is 4.11. The van der Waals surface area contributed by atoms with E-state index in [2.05, 4.69) is 10.3 Å². The number of nitrogens with zero attached hydrogens (tertiary/aromatic N) is 4. The lowest BCUT2D eigenvalue weighted by Crippen LogP contribution is -2.31. The molecule has 1 aliphatic rings. The van der Waals surface area contributed by atoms with E-state index in [0.29, 0.717) is 53.8 Å². The van der Waals surface area contributed by atoms with Gasteiger partial charge in [0.2, 0.25) is 0 Å². The summed E-state index contributed by atoms with van der Waals surface area (Å²) in [5.74, 6) is 1.92. The van der Waals surface area contributed by atoms with Crippen molar-refractivity contribution in [3.05, 3.63) is 47.8 Å². The highest BCUT2D eigenvalue weighted by Gasteiger charge is 2.18. The highest BCUT2D eigenvalue weighted by molar-refractivity contribution is 5.97. The van der Waals surface area contributed by atoms with Crippen molar-refractivity contribution < 1.29 is 19.1 Å². The number of rotatable bonds is 4. The van der Waals surface area contributed by atoms with E-state index in [-0.39, 0.29) is 11.9 Å². The van der Waals surface area contributed by atoms with Gasteiger partial charge in [0, 0.05) is 45.5 Å². The Morgan fingerprint density at radius 1 is 1.06 bits per heavy atom. The molecule has 0 spiro atoms. The summed E-state index contributed by atoms with van der Waals surface area (Å²) in [5.41, 5.74) is 2.81. The smallest absolute Gasteiger partial charge is 0.321 e. The number of carbonyl (C=O) groups excluding carboxylic acids is 2. The number of urea groups is 1. The topological polar surface area (TPSA) is 88.9 Å². The summed E-state index contributed by atoms with van der Waals surface area (Å²) in [6.07, 6.45) is 0. The lowest BCUT2D eigenvalue weighted by molar-refractivity contribution is 0.0827. The fourth-order valence-corrected chi connectivity index (χ4v) is 3.41. The fraction of sp³-hybridized carbons (Fsp3) is 0.318. The minimum atomic E-state index is -0.271. The first-order valence-corrected chi connectivity index (χ1v) is 9.92. The predicted molar refractivity (Wildman–Crippen MR) is 117 cm³/mol. The van der Waals surface area contributed by atoms with Gasteiger partial charge < -0.3 is 29.2 Å². The van der Waals surface area contributed by atoms with Gasteiger partial charge in [-0.1, -0.05) is 0 Å². The van der Waals surface area contributed by atoms with E-state index in [1.165, 1.54) is 4.90 Å². The van der Waals surface area contributed by atoms with Crippen LogP contribution >= 0.6 is 0 Å². The number of fused-ring (bicyclic) bond motifs is 2. The number of anilines is 1. The molecule has 0 unspecified atom stereocenters. The Morgan fingerprint density at radius 2 is 1.81 bits per heavy atom. The van der Waals surface area contributed by atoms with Gasteiger partial charge in [-0.3, -0.25) is 4.79 Å². The van der Waals surface area contributed by atoms with Crippen molar-refractivity contribution >= 4 is 28.7 Å². The van der Waals surface area contributed by atoms with E-state index < -0.39 is 0 Å². The molecule has 1 N–H and O–H groups in total. The van der Waals surface area contributed by atoms with Crippen LogP contribution in [0.25, 0.3) is 11.0 Å². The molecule has 2 heterocycles. The van der Waals surface area contributed by atoms with Crippen LogP contribution in [0.3, 0.4) is 0 Å². The fourth-order valence-electron chi connectivity index (χ4n) is 3.41. The maximum atomic E-state index is 12.7. The predicted octanol–water partition coefficient (Wildman–Crippen LogP) is 2.71.